The van der Waals surface area contributed by atoms with Crippen LogP contribution in [0.25, 0.3) is 0 Å². The predicted octanol–water partition coefficient (Wildman–Crippen LogP) is 7.13. The zero-order chi connectivity index (χ0) is 27.4. The molecule has 0 radical (unpaired) electrons. The van der Waals surface area contributed by atoms with E-state index < -0.39 is 29.5 Å². The van der Waals surface area contributed by atoms with Gasteiger partial charge in [0.25, 0.3) is 5.91 Å². The maximum Gasteiger partial charge on any atom is 0.410 e. The fourth-order valence-electron chi connectivity index (χ4n) is 3.82. The number of rotatable bonds is 5. The van der Waals surface area contributed by atoms with Crippen LogP contribution in [0.4, 0.5) is 14.9 Å². The van der Waals surface area contributed by atoms with Gasteiger partial charge in [0.15, 0.2) is 0 Å². The van der Waals surface area contributed by atoms with Gasteiger partial charge in [-0.25, -0.2) is 9.18 Å². The lowest BCUT2D eigenvalue weighted by Crippen LogP contribution is -2.37. The minimum Gasteiger partial charge on any atom is -0.490 e. The molecule has 4 rings (SSSR count). The highest BCUT2D eigenvalue weighted by molar-refractivity contribution is 9.10. The zero-order valence-electron chi connectivity index (χ0n) is 21.1. The maximum absolute atomic E-state index is 13.7. The van der Waals surface area contributed by atoms with E-state index in [0.29, 0.717) is 40.2 Å². The van der Waals surface area contributed by atoms with Crippen molar-refractivity contribution in [1.29, 1.82) is 0 Å². The summed E-state index contributed by atoms with van der Waals surface area (Å²) in [6, 6.07) is 16.3. The number of nitrogens with zero attached hydrogens (tertiary/aromatic N) is 1. The summed E-state index contributed by atoms with van der Waals surface area (Å²) in [6.07, 6.45) is -1.50. The number of hydrogen-bond donors (Lipinski definition) is 1. The molecule has 3 aromatic rings. The second-order valence-corrected chi connectivity index (χ2v) is 10.9. The third kappa shape index (κ3) is 6.96. The molecule has 0 aromatic heterocycles. The molecule has 1 aliphatic heterocycles. The van der Waals surface area contributed by atoms with Crippen LogP contribution in [0, 0.1) is 5.82 Å². The van der Waals surface area contributed by atoms with Crippen molar-refractivity contribution in [2.45, 2.75) is 39.0 Å². The molecule has 0 saturated heterocycles. The van der Waals surface area contributed by atoms with Gasteiger partial charge in [-0.2, -0.15) is 0 Å². The molecule has 0 saturated carbocycles. The van der Waals surface area contributed by atoms with E-state index in [1.165, 1.54) is 18.2 Å². The van der Waals surface area contributed by atoms with Crippen molar-refractivity contribution in [2.75, 3.05) is 18.5 Å². The summed E-state index contributed by atoms with van der Waals surface area (Å²) in [5.74, 6) is -0.213. The molecule has 7 nitrogen and oxygen atoms in total. The van der Waals surface area contributed by atoms with Gasteiger partial charge in [0.2, 0.25) is 6.10 Å². The lowest BCUT2D eigenvalue weighted by molar-refractivity contribution is -0.123. The lowest BCUT2D eigenvalue weighted by Gasteiger charge is -2.26. The third-order valence-electron chi connectivity index (χ3n) is 5.49. The van der Waals surface area contributed by atoms with Crippen LogP contribution in [-0.4, -0.2) is 35.7 Å². The molecule has 200 valence electrons. The molecular weight excluding hydrogens is 579 g/mol. The minimum atomic E-state index is -1.05. The molecule has 0 spiro atoms. The van der Waals surface area contributed by atoms with E-state index in [0.717, 1.165) is 0 Å². The quantitative estimate of drug-likeness (QED) is 0.335. The first kappa shape index (κ1) is 27.7. The SMILES string of the molecule is CC(C)(C)OC(=O)N1CCOc2c(Br)cc(NC(=O)C(Oc3ccc(F)c(Cl)c3)c3ccccc3)cc2C1. The number of fused-ring (bicyclic) bond motifs is 1. The normalized spacial score (nSPS) is 14.0. The van der Waals surface area contributed by atoms with Crippen molar-refractivity contribution in [3.8, 4) is 11.5 Å². The van der Waals surface area contributed by atoms with Gasteiger partial charge in [-0.05, 0) is 61.0 Å². The molecule has 38 heavy (non-hydrogen) atoms. The zero-order valence-corrected chi connectivity index (χ0v) is 23.4. The Labute approximate surface area is 233 Å². The van der Waals surface area contributed by atoms with Crippen molar-refractivity contribution in [1.82, 2.24) is 4.90 Å². The number of benzene rings is 3. The molecule has 1 unspecified atom stereocenters. The average molecular weight is 606 g/mol. The number of amides is 2. The fourth-order valence-corrected chi connectivity index (χ4v) is 4.61. The summed E-state index contributed by atoms with van der Waals surface area (Å²) in [7, 11) is 0. The van der Waals surface area contributed by atoms with Gasteiger partial charge in [0, 0.05) is 22.9 Å². The first-order valence-electron chi connectivity index (χ1n) is 11.9. The van der Waals surface area contributed by atoms with Gasteiger partial charge in [-0.3, -0.25) is 4.79 Å². The van der Waals surface area contributed by atoms with E-state index in [9.17, 15) is 14.0 Å². The summed E-state index contributed by atoms with van der Waals surface area (Å²) < 4.78 is 31.7. The van der Waals surface area contributed by atoms with Crippen molar-refractivity contribution < 1.29 is 28.2 Å². The Morgan fingerprint density at radius 2 is 1.87 bits per heavy atom. The van der Waals surface area contributed by atoms with Gasteiger partial charge < -0.3 is 24.4 Å². The summed E-state index contributed by atoms with van der Waals surface area (Å²) >= 11 is 9.43. The van der Waals surface area contributed by atoms with Crippen LogP contribution in [0.1, 0.15) is 38.0 Å². The second-order valence-electron chi connectivity index (χ2n) is 9.67. The Kier molecular flexibility index (Phi) is 8.47. The van der Waals surface area contributed by atoms with Crippen molar-refractivity contribution in [3.63, 3.8) is 0 Å². The van der Waals surface area contributed by atoms with E-state index in [1.807, 2.05) is 26.8 Å². The summed E-state index contributed by atoms with van der Waals surface area (Å²) in [4.78, 5) is 27.7. The van der Waals surface area contributed by atoms with Gasteiger partial charge in [-0.1, -0.05) is 41.9 Å². The first-order chi connectivity index (χ1) is 18.0. The minimum absolute atomic E-state index is 0.112. The third-order valence-corrected chi connectivity index (χ3v) is 6.37. The largest absolute Gasteiger partial charge is 0.490 e. The Balaban J connectivity index is 1.59. The molecule has 0 aliphatic carbocycles. The second kappa shape index (κ2) is 11.6. The molecule has 2 amide bonds. The number of hydrogen-bond acceptors (Lipinski definition) is 5. The van der Waals surface area contributed by atoms with Crippen LogP contribution >= 0.6 is 27.5 Å². The number of anilines is 1. The van der Waals surface area contributed by atoms with E-state index in [2.05, 4.69) is 21.2 Å². The highest BCUT2D eigenvalue weighted by atomic mass is 79.9. The smallest absolute Gasteiger partial charge is 0.410 e. The van der Waals surface area contributed by atoms with E-state index in [1.54, 1.807) is 41.3 Å². The fraction of sp³-hybridized carbons (Fsp3) is 0.286. The number of carbonyl (C=O) groups excluding carboxylic acids is 2. The molecule has 3 aromatic carbocycles. The van der Waals surface area contributed by atoms with E-state index in [-0.39, 0.29) is 17.3 Å². The topological polar surface area (TPSA) is 77.1 Å². The number of halogens is 3. The first-order valence-corrected chi connectivity index (χ1v) is 13.1. The molecule has 0 fully saturated rings. The molecule has 1 atom stereocenters. The number of carbonyl (C=O) groups is 2. The molecule has 1 aliphatic rings. The highest BCUT2D eigenvalue weighted by Gasteiger charge is 2.28. The van der Waals surface area contributed by atoms with Crippen LogP contribution in [0.3, 0.4) is 0 Å². The summed E-state index contributed by atoms with van der Waals surface area (Å²) in [6.45, 7) is 6.30. The molecule has 1 heterocycles. The monoisotopic (exact) mass is 604 g/mol. The number of ether oxygens (including phenoxy) is 3. The van der Waals surface area contributed by atoms with E-state index in [4.69, 9.17) is 25.8 Å². The van der Waals surface area contributed by atoms with Gasteiger partial charge in [-0.15, -0.1) is 0 Å². The van der Waals surface area contributed by atoms with E-state index >= 15 is 0 Å². The molecule has 0 bridgehead atoms. The Morgan fingerprint density at radius 3 is 2.55 bits per heavy atom. The van der Waals surface area contributed by atoms with Crippen molar-refractivity contribution in [2.24, 2.45) is 0 Å². The van der Waals surface area contributed by atoms with Crippen LogP contribution in [0.5, 0.6) is 11.5 Å². The molecule has 10 heteroatoms. The Morgan fingerprint density at radius 1 is 1.13 bits per heavy atom. The summed E-state index contributed by atoms with van der Waals surface area (Å²) in [5.41, 5.74) is 1.13. The predicted molar refractivity (Wildman–Crippen MR) is 146 cm³/mol. The summed E-state index contributed by atoms with van der Waals surface area (Å²) in [5, 5.41) is 2.78. The van der Waals surface area contributed by atoms with Gasteiger partial charge in [0.1, 0.15) is 29.5 Å². The van der Waals surface area contributed by atoms with Gasteiger partial charge >= 0.3 is 6.09 Å². The Bertz CT molecular complexity index is 1330. The van der Waals surface area contributed by atoms with Crippen LogP contribution in [0.15, 0.2) is 65.1 Å². The van der Waals surface area contributed by atoms with Crippen molar-refractivity contribution in [3.05, 3.63) is 87.1 Å². The van der Waals surface area contributed by atoms with Gasteiger partial charge in [0.05, 0.1) is 22.6 Å². The highest BCUT2D eigenvalue weighted by Crippen LogP contribution is 2.36. The Hall–Kier alpha value is -3.30. The van der Waals surface area contributed by atoms with Crippen LogP contribution in [0.2, 0.25) is 5.02 Å². The van der Waals surface area contributed by atoms with Crippen molar-refractivity contribution >= 4 is 45.2 Å². The number of nitrogens with one attached hydrogen (secondary N) is 1. The average Bonchev–Trinajstić information content (AvgIpc) is 3.07. The molecule has 1 N–H and O–H groups in total. The van der Waals surface area contributed by atoms with Crippen LogP contribution < -0.4 is 14.8 Å². The standard InChI is InChI=1S/C28H27BrClFN2O5/c1-28(2,3)38-27(35)33-11-12-36-24-18(16-33)13-19(14-21(24)29)32-26(34)25(17-7-5-4-6-8-17)37-20-9-10-23(31)22(30)15-20/h4-10,13-15,25H,11-12,16H2,1-3H3,(H,32,34). The maximum atomic E-state index is 13.7. The molecular formula is C28H27BrClFN2O5. The van der Waals surface area contributed by atoms with Crippen LogP contribution in [-0.2, 0) is 16.1 Å². The lowest BCUT2D eigenvalue weighted by atomic mass is 10.1.